The van der Waals surface area contributed by atoms with E-state index >= 15 is 0 Å². The van der Waals surface area contributed by atoms with Gasteiger partial charge in [-0.2, -0.15) is 4.31 Å². The molecule has 1 fully saturated rings. The van der Waals surface area contributed by atoms with Crippen LogP contribution in [0.4, 0.5) is 5.69 Å². The van der Waals surface area contributed by atoms with Gasteiger partial charge in [-0.15, -0.1) is 0 Å². The molecule has 1 aliphatic rings. The molecule has 1 amide bonds. The van der Waals surface area contributed by atoms with Crippen LogP contribution in [0.5, 0.6) is 11.5 Å². The molecule has 0 saturated carbocycles. The van der Waals surface area contributed by atoms with Crippen LogP contribution in [-0.2, 0) is 21.2 Å². The Hall–Kier alpha value is -2.58. The molecule has 0 aromatic heterocycles. The molecule has 0 bridgehead atoms. The first-order chi connectivity index (χ1) is 14.4. The van der Waals surface area contributed by atoms with Crippen LogP contribution in [0.2, 0.25) is 0 Å². The number of sulfonamides is 1. The van der Waals surface area contributed by atoms with E-state index in [1.165, 1.54) is 30.7 Å². The van der Waals surface area contributed by atoms with Gasteiger partial charge in [0.1, 0.15) is 0 Å². The van der Waals surface area contributed by atoms with E-state index in [1.807, 2.05) is 31.2 Å². The summed E-state index contributed by atoms with van der Waals surface area (Å²) in [5.74, 6) is 0.562. The van der Waals surface area contributed by atoms with E-state index in [-0.39, 0.29) is 16.7 Å². The summed E-state index contributed by atoms with van der Waals surface area (Å²) in [6, 6.07) is 12.3. The van der Waals surface area contributed by atoms with Gasteiger partial charge in [-0.25, -0.2) is 8.42 Å². The molecule has 0 radical (unpaired) electrons. The number of ether oxygens (including phenoxy) is 2. The van der Waals surface area contributed by atoms with E-state index in [4.69, 9.17) is 9.47 Å². The molecule has 162 valence electrons. The van der Waals surface area contributed by atoms with Crippen LogP contribution >= 0.6 is 0 Å². The second-order valence-electron chi connectivity index (χ2n) is 7.20. The number of nitrogens with zero attached hydrogens (tertiary/aromatic N) is 1. The second kappa shape index (κ2) is 9.49. The monoisotopic (exact) mass is 432 g/mol. The Bertz CT molecular complexity index is 998. The smallest absolute Gasteiger partial charge is 0.243 e. The van der Waals surface area contributed by atoms with Crippen molar-refractivity contribution in [3.8, 4) is 11.5 Å². The van der Waals surface area contributed by atoms with Crippen molar-refractivity contribution in [2.45, 2.75) is 31.1 Å². The van der Waals surface area contributed by atoms with Gasteiger partial charge in [0, 0.05) is 30.8 Å². The summed E-state index contributed by atoms with van der Waals surface area (Å²) < 4.78 is 37.9. The Morgan fingerprint density at radius 3 is 2.37 bits per heavy atom. The average Bonchev–Trinajstić information content (AvgIpc) is 2.78. The predicted molar refractivity (Wildman–Crippen MR) is 115 cm³/mol. The molecule has 30 heavy (non-hydrogen) atoms. The minimum atomic E-state index is -3.67. The number of nitrogens with one attached hydrogen (secondary N) is 1. The maximum Gasteiger partial charge on any atom is 0.243 e. The zero-order valence-corrected chi connectivity index (χ0v) is 18.4. The van der Waals surface area contributed by atoms with Crippen LogP contribution in [-0.4, -0.2) is 45.9 Å². The van der Waals surface area contributed by atoms with Crippen LogP contribution in [0, 0.1) is 5.92 Å². The van der Waals surface area contributed by atoms with Crippen molar-refractivity contribution >= 4 is 21.6 Å². The number of aryl methyl sites for hydroxylation is 1. The zero-order chi connectivity index (χ0) is 21.7. The lowest BCUT2D eigenvalue weighted by Crippen LogP contribution is -2.41. The fourth-order valence-corrected chi connectivity index (χ4v) is 5.16. The Balaban J connectivity index is 1.66. The van der Waals surface area contributed by atoms with Gasteiger partial charge in [-0.3, -0.25) is 4.79 Å². The van der Waals surface area contributed by atoms with E-state index in [2.05, 4.69) is 5.32 Å². The van der Waals surface area contributed by atoms with Crippen molar-refractivity contribution in [2.75, 3.05) is 32.6 Å². The van der Waals surface area contributed by atoms with Gasteiger partial charge in [0.05, 0.1) is 19.1 Å². The molecule has 1 N–H and O–H groups in total. The van der Waals surface area contributed by atoms with Crippen molar-refractivity contribution in [1.82, 2.24) is 4.31 Å². The number of benzene rings is 2. The number of piperidine rings is 1. The molecule has 0 spiro atoms. The number of rotatable bonds is 7. The molecule has 2 aromatic rings. The molecule has 0 aliphatic carbocycles. The first-order valence-corrected chi connectivity index (χ1v) is 11.5. The highest BCUT2D eigenvalue weighted by Crippen LogP contribution is 2.32. The molecular formula is C22H28N2O5S. The first kappa shape index (κ1) is 22.1. The molecule has 0 unspecified atom stereocenters. The third kappa shape index (κ3) is 4.60. The number of carbonyl (C=O) groups excluding carboxylic acids is 1. The number of para-hydroxylation sites is 1. The first-order valence-electron chi connectivity index (χ1n) is 10.0. The van der Waals surface area contributed by atoms with Crippen molar-refractivity contribution in [3.05, 3.63) is 48.0 Å². The summed E-state index contributed by atoms with van der Waals surface area (Å²) >= 11 is 0. The lowest BCUT2D eigenvalue weighted by molar-refractivity contribution is -0.120. The summed E-state index contributed by atoms with van der Waals surface area (Å²) in [7, 11) is -0.704. The van der Waals surface area contributed by atoms with Crippen molar-refractivity contribution in [1.29, 1.82) is 0 Å². The number of hydrogen-bond acceptors (Lipinski definition) is 5. The topological polar surface area (TPSA) is 84.9 Å². The summed E-state index contributed by atoms with van der Waals surface area (Å²) in [5, 5.41) is 3.01. The van der Waals surface area contributed by atoms with Gasteiger partial charge in [0.25, 0.3) is 0 Å². The zero-order valence-electron chi connectivity index (χ0n) is 17.6. The number of anilines is 1. The third-order valence-electron chi connectivity index (χ3n) is 5.47. The van der Waals surface area contributed by atoms with Crippen LogP contribution in [0.15, 0.2) is 47.4 Å². The molecular weight excluding hydrogens is 404 g/mol. The lowest BCUT2D eigenvalue weighted by Gasteiger charge is -2.30. The minimum Gasteiger partial charge on any atom is -0.493 e. The molecule has 2 aromatic carbocycles. The molecule has 3 rings (SSSR count). The van der Waals surface area contributed by atoms with Crippen molar-refractivity contribution < 1.29 is 22.7 Å². The second-order valence-corrected chi connectivity index (χ2v) is 9.13. The van der Waals surface area contributed by atoms with Crippen LogP contribution in [0.25, 0.3) is 0 Å². The number of amides is 1. The van der Waals surface area contributed by atoms with Gasteiger partial charge in [-0.1, -0.05) is 25.1 Å². The third-order valence-corrected chi connectivity index (χ3v) is 7.37. The van der Waals surface area contributed by atoms with Crippen LogP contribution in [0.1, 0.15) is 25.3 Å². The van der Waals surface area contributed by atoms with Crippen molar-refractivity contribution in [3.63, 3.8) is 0 Å². The summed E-state index contributed by atoms with van der Waals surface area (Å²) in [6.07, 6.45) is 1.79. The van der Waals surface area contributed by atoms with Gasteiger partial charge in [0.15, 0.2) is 11.5 Å². The summed E-state index contributed by atoms with van der Waals surface area (Å²) in [5.41, 5.74) is 1.91. The largest absolute Gasteiger partial charge is 0.493 e. The fourth-order valence-electron chi connectivity index (χ4n) is 3.67. The maximum absolute atomic E-state index is 13.0. The fraction of sp³-hybridized carbons (Fsp3) is 0.409. The Kier molecular flexibility index (Phi) is 6.99. The highest BCUT2D eigenvalue weighted by Gasteiger charge is 2.32. The highest BCUT2D eigenvalue weighted by molar-refractivity contribution is 7.89. The van der Waals surface area contributed by atoms with Gasteiger partial charge < -0.3 is 14.8 Å². The number of methoxy groups -OCH3 is 2. The maximum atomic E-state index is 13.0. The normalized spacial score (nSPS) is 15.6. The van der Waals surface area contributed by atoms with Gasteiger partial charge >= 0.3 is 0 Å². The summed E-state index contributed by atoms with van der Waals surface area (Å²) in [4.78, 5) is 12.9. The minimum absolute atomic E-state index is 0.0564. The Morgan fingerprint density at radius 1 is 1.07 bits per heavy atom. The molecule has 1 aliphatic heterocycles. The predicted octanol–water partition coefficient (Wildman–Crippen LogP) is 3.31. The number of carbonyl (C=O) groups is 1. The van der Waals surface area contributed by atoms with E-state index < -0.39 is 10.0 Å². The average molecular weight is 433 g/mol. The lowest BCUT2D eigenvalue weighted by atomic mass is 9.97. The Morgan fingerprint density at radius 2 is 1.73 bits per heavy atom. The highest BCUT2D eigenvalue weighted by atomic mass is 32.2. The Labute approximate surface area is 178 Å². The van der Waals surface area contributed by atoms with Crippen LogP contribution in [0.3, 0.4) is 0 Å². The molecule has 0 atom stereocenters. The van der Waals surface area contributed by atoms with Crippen molar-refractivity contribution in [2.24, 2.45) is 5.92 Å². The van der Waals surface area contributed by atoms with Gasteiger partial charge in [0.2, 0.25) is 15.9 Å². The van der Waals surface area contributed by atoms with E-state index in [0.717, 1.165) is 17.7 Å². The van der Waals surface area contributed by atoms with E-state index in [1.54, 1.807) is 6.07 Å². The van der Waals surface area contributed by atoms with E-state index in [0.29, 0.717) is 37.4 Å². The van der Waals surface area contributed by atoms with Gasteiger partial charge in [-0.05, 0) is 43.0 Å². The summed E-state index contributed by atoms with van der Waals surface area (Å²) in [6.45, 7) is 2.64. The molecule has 7 nitrogen and oxygen atoms in total. The standard InChI is InChI=1S/C22H28N2O5S/c1-4-16-7-5-6-8-19(16)23-22(25)17-11-13-24(14-12-17)30(26,27)18-9-10-20(28-2)21(15-18)29-3/h5-10,15,17H,4,11-14H2,1-3H3,(H,23,25). The molecule has 1 saturated heterocycles. The van der Waals surface area contributed by atoms with Crippen LogP contribution < -0.4 is 14.8 Å². The quantitative estimate of drug-likeness (QED) is 0.726. The SMILES string of the molecule is CCc1ccccc1NC(=O)C1CCN(S(=O)(=O)c2ccc(OC)c(OC)c2)CC1. The number of hydrogen-bond donors (Lipinski definition) is 1. The molecule has 1 heterocycles. The molecule has 8 heteroatoms. The van der Waals surface area contributed by atoms with E-state index in [9.17, 15) is 13.2 Å².